The largest absolute Gasteiger partial charge is 0.384 e. The highest BCUT2D eigenvalue weighted by atomic mass is 35.5. The standard InChI is InChI=1S/C22H24ClFN6/c23-17-10-14-5-4-13(18(24)19(14)29-21(17)26)3-1-12-2-6-15(9-12)30-8-7-16-20(25)27-11-28-22(16)30/h4-5,7-8,10-12,15,19,29H,1-3,6,9,26H2,(H2,25,27,28). The summed E-state index contributed by atoms with van der Waals surface area (Å²) in [5.41, 5.74) is 14.2. The summed E-state index contributed by atoms with van der Waals surface area (Å²) in [4.78, 5) is 8.49. The van der Waals surface area contributed by atoms with Crippen molar-refractivity contribution in [3.8, 4) is 0 Å². The molecule has 1 saturated carbocycles. The predicted octanol–water partition coefficient (Wildman–Crippen LogP) is 4.19. The van der Waals surface area contributed by atoms with Crippen LogP contribution in [0.25, 0.3) is 11.0 Å². The Morgan fingerprint density at radius 2 is 2.10 bits per heavy atom. The van der Waals surface area contributed by atoms with Gasteiger partial charge in [-0.25, -0.2) is 14.4 Å². The Balaban J connectivity index is 1.25. The van der Waals surface area contributed by atoms with Gasteiger partial charge in [0.05, 0.1) is 10.4 Å². The molecule has 0 aromatic carbocycles. The van der Waals surface area contributed by atoms with Crippen LogP contribution in [-0.4, -0.2) is 20.6 Å². The molecule has 3 aliphatic rings. The van der Waals surface area contributed by atoms with E-state index in [1.807, 2.05) is 18.2 Å². The Hall–Kier alpha value is -2.80. The smallest absolute Gasteiger partial charge is 0.145 e. The van der Waals surface area contributed by atoms with E-state index >= 15 is 4.39 Å². The number of allylic oxidation sites excluding steroid dienone is 4. The van der Waals surface area contributed by atoms with Crippen molar-refractivity contribution >= 4 is 28.5 Å². The van der Waals surface area contributed by atoms with Crippen molar-refractivity contribution < 1.29 is 4.39 Å². The van der Waals surface area contributed by atoms with E-state index in [9.17, 15) is 0 Å². The number of dihydropyridines is 1. The third kappa shape index (κ3) is 3.27. The Morgan fingerprint density at radius 3 is 2.97 bits per heavy atom. The van der Waals surface area contributed by atoms with Gasteiger partial charge in [-0.05, 0) is 61.3 Å². The number of hydrogen-bond donors (Lipinski definition) is 3. The molecule has 2 aliphatic carbocycles. The molecule has 30 heavy (non-hydrogen) atoms. The quantitative estimate of drug-likeness (QED) is 0.681. The first-order chi connectivity index (χ1) is 14.5. The topological polar surface area (TPSA) is 94.8 Å². The number of fused-ring (bicyclic) bond motifs is 2. The van der Waals surface area contributed by atoms with E-state index in [1.165, 1.54) is 6.33 Å². The average molecular weight is 427 g/mol. The second-order valence-electron chi connectivity index (χ2n) is 8.28. The molecule has 0 bridgehead atoms. The molecule has 3 atom stereocenters. The SMILES string of the molecule is NC1=C(Cl)C=C2C=CC(CCC3CCC(n4ccc5c(N)ncnc54)C3)=C(F)C2N1. The minimum Gasteiger partial charge on any atom is -0.384 e. The zero-order chi connectivity index (χ0) is 20.8. The number of hydrogen-bond acceptors (Lipinski definition) is 5. The highest BCUT2D eigenvalue weighted by Gasteiger charge is 2.30. The number of nitrogens with two attached hydrogens (primary N) is 2. The molecule has 156 valence electrons. The van der Waals surface area contributed by atoms with Gasteiger partial charge in [0.15, 0.2) is 0 Å². The molecule has 5 rings (SSSR count). The zero-order valence-electron chi connectivity index (χ0n) is 16.5. The molecule has 0 radical (unpaired) electrons. The number of nitrogen functional groups attached to an aromatic ring is 1. The number of halogens is 2. The molecular weight excluding hydrogens is 403 g/mol. The first kappa shape index (κ1) is 19.2. The van der Waals surface area contributed by atoms with Gasteiger partial charge in [0.2, 0.25) is 0 Å². The molecule has 0 spiro atoms. The molecule has 2 aromatic heterocycles. The van der Waals surface area contributed by atoms with E-state index in [2.05, 4.69) is 26.0 Å². The molecule has 3 heterocycles. The highest BCUT2D eigenvalue weighted by molar-refractivity contribution is 6.31. The van der Waals surface area contributed by atoms with Crippen molar-refractivity contribution in [1.29, 1.82) is 0 Å². The van der Waals surface area contributed by atoms with Crippen molar-refractivity contribution in [2.75, 3.05) is 5.73 Å². The summed E-state index contributed by atoms with van der Waals surface area (Å²) in [6, 6.07) is 1.85. The summed E-state index contributed by atoms with van der Waals surface area (Å²) in [6.45, 7) is 0. The molecule has 2 aromatic rings. The van der Waals surface area contributed by atoms with Gasteiger partial charge >= 0.3 is 0 Å². The molecular formula is C22H24ClFN6. The van der Waals surface area contributed by atoms with Crippen LogP contribution in [0.15, 0.2) is 64.6 Å². The lowest BCUT2D eigenvalue weighted by Gasteiger charge is -2.28. The van der Waals surface area contributed by atoms with Gasteiger partial charge in [0.25, 0.3) is 0 Å². The van der Waals surface area contributed by atoms with Crippen LogP contribution in [0.5, 0.6) is 0 Å². The van der Waals surface area contributed by atoms with E-state index in [1.54, 1.807) is 6.08 Å². The third-order valence-electron chi connectivity index (χ3n) is 6.49. The van der Waals surface area contributed by atoms with Crippen molar-refractivity contribution in [3.05, 3.63) is 64.6 Å². The van der Waals surface area contributed by atoms with Crippen LogP contribution in [0.2, 0.25) is 0 Å². The van der Waals surface area contributed by atoms with E-state index < -0.39 is 6.04 Å². The van der Waals surface area contributed by atoms with E-state index in [0.29, 0.717) is 35.1 Å². The summed E-state index contributed by atoms with van der Waals surface area (Å²) < 4.78 is 17.3. The Labute approximate surface area is 179 Å². The van der Waals surface area contributed by atoms with Gasteiger partial charge in [-0.3, -0.25) is 0 Å². The maximum atomic E-state index is 15.0. The van der Waals surface area contributed by atoms with Crippen LogP contribution in [0, 0.1) is 5.92 Å². The van der Waals surface area contributed by atoms with Crippen molar-refractivity contribution in [2.45, 2.75) is 44.2 Å². The summed E-state index contributed by atoms with van der Waals surface area (Å²) in [6.07, 6.45) is 14.0. The van der Waals surface area contributed by atoms with Crippen LogP contribution in [-0.2, 0) is 0 Å². The fourth-order valence-electron chi connectivity index (χ4n) is 4.84. The normalized spacial score (nSPS) is 26.2. The summed E-state index contributed by atoms with van der Waals surface area (Å²) in [5, 5.41) is 4.29. The van der Waals surface area contributed by atoms with E-state index in [4.69, 9.17) is 23.1 Å². The van der Waals surface area contributed by atoms with Crippen LogP contribution in [0.1, 0.15) is 38.1 Å². The maximum absolute atomic E-state index is 15.0. The monoisotopic (exact) mass is 426 g/mol. The zero-order valence-corrected chi connectivity index (χ0v) is 17.2. The van der Waals surface area contributed by atoms with Gasteiger partial charge in [-0.15, -0.1) is 0 Å². The first-order valence-electron chi connectivity index (χ1n) is 10.3. The van der Waals surface area contributed by atoms with Crippen LogP contribution >= 0.6 is 11.6 Å². The van der Waals surface area contributed by atoms with Crippen molar-refractivity contribution in [2.24, 2.45) is 11.7 Å². The van der Waals surface area contributed by atoms with Crippen LogP contribution in [0.4, 0.5) is 10.2 Å². The summed E-state index contributed by atoms with van der Waals surface area (Å²) in [7, 11) is 0. The molecule has 0 saturated heterocycles. The van der Waals surface area contributed by atoms with Crippen molar-refractivity contribution in [1.82, 2.24) is 19.9 Å². The van der Waals surface area contributed by atoms with Gasteiger partial charge in [0.1, 0.15) is 35.5 Å². The summed E-state index contributed by atoms with van der Waals surface area (Å²) in [5.74, 6) is 1.23. The number of nitrogens with zero attached hydrogens (tertiary/aromatic N) is 3. The molecule has 5 N–H and O–H groups in total. The lowest BCUT2D eigenvalue weighted by Crippen LogP contribution is -2.38. The van der Waals surface area contributed by atoms with E-state index in [-0.39, 0.29) is 5.83 Å². The Kier molecular flexibility index (Phi) is 4.77. The fourth-order valence-corrected chi connectivity index (χ4v) is 5.02. The Bertz CT molecular complexity index is 1130. The molecule has 3 unspecified atom stereocenters. The van der Waals surface area contributed by atoms with Gasteiger partial charge in [-0.2, -0.15) is 0 Å². The third-order valence-corrected chi connectivity index (χ3v) is 6.80. The Morgan fingerprint density at radius 1 is 1.23 bits per heavy atom. The molecule has 1 aliphatic heterocycles. The number of aromatic nitrogens is 3. The summed E-state index contributed by atoms with van der Waals surface area (Å²) >= 11 is 6.05. The molecule has 6 nitrogen and oxygen atoms in total. The van der Waals surface area contributed by atoms with Gasteiger partial charge in [-0.1, -0.05) is 23.8 Å². The maximum Gasteiger partial charge on any atom is 0.145 e. The van der Waals surface area contributed by atoms with Gasteiger partial charge in [0, 0.05) is 12.2 Å². The van der Waals surface area contributed by atoms with Crippen LogP contribution in [0.3, 0.4) is 0 Å². The lowest BCUT2D eigenvalue weighted by molar-refractivity contribution is 0.453. The highest BCUT2D eigenvalue weighted by Crippen LogP contribution is 2.40. The molecule has 8 heteroatoms. The number of rotatable bonds is 4. The van der Waals surface area contributed by atoms with Crippen molar-refractivity contribution in [3.63, 3.8) is 0 Å². The minimum atomic E-state index is -0.528. The lowest BCUT2D eigenvalue weighted by atomic mass is 9.89. The van der Waals surface area contributed by atoms with Crippen LogP contribution < -0.4 is 16.8 Å². The fraction of sp³-hybridized carbons (Fsp3) is 0.364. The minimum absolute atomic E-state index is 0.158. The molecule has 0 amide bonds. The number of anilines is 1. The van der Waals surface area contributed by atoms with Gasteiger partial charge < -0.3 is 21.4 Å². The molecule has 1 fully saturated rings. The predicted molar refractivity (Wildman–Crippen MR) is 117 cm³/mol. The number of nitrogens with one attached hydrogen (secondary N) is 1. The average Bonchev–Trinajstić information content (AvgIpc) is 3.36. The first-order valence-corrected chi connectivity index (χ1v) is 10.7. The second-order valence-corrected chi connectivity index (χ2v) is 8.69. The van der Waals surface area contributed by atoms with E-state index in [0.717, 1.165) is 47.9 Å². The second kappa shape index (κ2) is 7.47.